The zero-order valence-corrected chi connectivity index (χ0v) is 13.1. The van der Waals surface area contributed by atoms with Gasteiger partial charge in [-0.3, -0.25) is 4.40 Å². The van der Waals surface area contributed by atoms with Gasteiger partial charge in [-0.2, -0.15) is 4.31 Å². The fraction of sp³-hybridized carbons (Fsp3) is 0.462. The predicted molar refractivity (Wildman–Crippen MR) is 79.0 cm³/mol. The molecule has 1 atom stereocenters. The number of rotatable bonds is 2. The Hall–Kier alpha value is -1.15. The summed E-state index contributed by atoms with van der Waals surface area (Å²) in [5.41, 5.74) is 0.514. The summed E-state index contributed by atoms with van der Waals surface area (Å²) in [5.74, 6) is 0. The number of aromatic nitrogens is 2. The lowest BCUT2D eigenvalue weighted by Crippen LogP contribution is -2.36. The van der Waals surface area contributed by atoms with Crippen LogP contribution in [0.3, 0.4) is 0 Å². The minimum absolute atomic E-state index is 0.000909. The fourth-order valence-corrected chi connectivity index (χ4v) is 4.62. The number of sulfonamides is 1. The molecule has 1 fully saturated rings. The van der Waals surface area contributed by atoms with Gasteiger partial charge in [0.25, 0.3) is 10.0 Å². The highest BCUT2D eigenvalue weighted by Gasteiger charge is 2.32. The van der Waals surface area contributed by atoms with E-state index in [1.165, 1.54) is 8.71 Å². The Balaban J connectivity index is 2.09. The van der Waals surface area contributed by atoms with Crippen LogP contribution in [-0.2, 0) is 14.8 Å². The van der Waals surface area contributed by atoms with Gasteiger partial charge in [-0.25, -0.2) is 13.4 Å². The van der Waals surface area contributed by atoms with E-state index in [9.17, 15) is 8.42 Å². The largest absolute Gasteiger partial charge is 0.377 e. The van der Waals surface area contributed by atoms with Crippen LogP contribution in [0.2, 0.25) is 5.15 Å². The third kappa shape index (κ3) is 2.66. The van der Waals surface area contributed by atoms with Crippen LogP contribution in [0.4, 0.5) is 0 Å². The van der Waals surface area contributed by atoms with E-state index in [0.29, 0.717) is 31.8 Å². The fourth-order valence-electron chi connectivity index (χ4n) is 2.47. The number of ether oxygens (including phenoxy) is 1. The number of halogens is 1. The first-order chi connectivity index (χ1) is 10.00. The molecule has 0 amide bonds. The van der Waals surface area contributed by atoms with E-state index in [0.717, 1.165) is 0 Å². The van der Waals surface area contributed by atoms with Gasteiger partial charge in [0.05, 0.1) is 6.10 Å². The normalized spacial score (nSPS) is 21.5. The third-order valence-electron chi connectivity index (χ3n) is 3.45. The van der Waals surface area contributed by atoms with Gasteiger partial charge in [0.15, 0.2) is 10.2 Å². The van der Waals surface area contributed by atoms with E-state index in [4.69, 9.17) is 16.3 Å². The molecule has 0 radical (unpaired) electrons. The number of hydrogen-bond donors (Lipinski definition) is 0. The van der Waals surface area contributed by atoms with E-state index >= 15 is 0 Å². The highest BCUT2D eigenvalue weighted by atomic mass is 35.5. The first kappa shape index (κ1) is 14.8. The highest BCUT2D eigenvalue weighted by Crippen LogP contribution is 2.26. The molecule has 0 saturated carbocycles. The smallest absolute Gasteiger partial charge is 0.262 e. The van der Waals surface area contributed by atoms with Crippen LogP contribution in [0.25, 0.3) is 5.65 Å². The second-order valence-electron chi connectivity index (χ2n) is 5.03. The zero-order valence-electron chi connectivity index (χ0n) is 11.6. The average Bonchev–Trinajstić information content (AvgIpc) is 2.62. The van der Waals surface area contributed by atoms with Gasteiger partial charge in [-0.1, -0.05) is 17.7 Å². The Bertz CT molecular complexity index is 759. The molecule has 0 spiro atoms. The molecule has 1 saturated heterocycles. The first-order valence-electron chi connectivity index (χ1n) is 6.74. The monoisotopic (exact) mass is 329 g/mol. The Morgan fingerprint density at radius 1 is 1.43 bits per heavy atom. The van der Waals surface area contributed by atoms with Gasteiger partial charge < -0.3 is 4.74 Å². The summed E-state index contributed by atoms with van der Waals surface area (Å²) in [5, 5.41) is 0.0212. The second kappa shape index (κ2) is 5.57. The standard InChI is InChI=1S/C13H16ClN3O3S/c1-10-9-16(6-4-8-20-10)21(18,19)13-12(14)15-11-5-2-3-7-17(11)13/h2-3,5,7,10H,4,6,8-9H2,1H3. The minimum atomic E-state index is -3.71. The molecule has 2 aromatic rings. The number of pyridine rings is 1. The van der Waals surface area contributed by atoms with E-state index in [-0.39, 0.29) is 16.3 Å². The number of imidazole rings is 1. The maximum Gasteiger partial charge on any atom is 0.262 e. The first-order valence-corrected chi connectivity index (χ1v) is 8.56. The number of fused-ring (bicyclic) bond motifs is 1. The lowest BCUT2D eigenvalue weighted by atomic mass is 10.4. The summed E-state index contributed by atoms with van der Waals surface area (Å²) in [6, 6.07) is 5.26. The van der Waals surface area contributed by atoms with Gasteiger partial charge in [0, 0.05) is 25.9 Å². The molecule has 2 aromatic heterocycles. The van der Waals surface area contributed by atoms with Gasteiger partial charge >= 0.3 is 0 Å². The van der Waals surface area contributed by atoms with Crippen molar-refractivity contribution in [1.82, 2.24) is 13.7 Å². The highest BCUT2D eigenvalue weighted by molar-refractivity contribution is 7.89. The molecule has 1 unspecified atom stereocenters. The Morgan fingerprint density at radius 2 is 2.24 bits per heavy atom. The molecule has 6 nitrogen and oxygen atoms in total. The van der Waals surface area contributed by atoms with Gasteiger partial charge in [-0.15, -0.1) is 0 Å². The summed E-state index contributed by atoms with van der Waals surface area (Å²) in [7, 11) is -3.71. The summed E-state index contributed by atoms with van der Waals surface area (Å²) < 4.78 is 34.2. The molecule has 114 valence electrons. The molecule has 1 aliphatic rings. The van der Waals surface area contributed by atoms with E-state index in [1.54, 1.807) is 24.4 Å². The SMILES string of the molecule is CC1CN(S(=O)(=O)c2c(Cl)nc3ccccn23)CCCO1. The molecule has 8 heteroatoms. The molecule has 0 aliphatic carbocycles. The van der Waals surface area contributed by atoms with Crippen molar-refractivity contribution < 1.29 is 13.2 Å². The van der Waals surface area contributed by atoms with Crippen molar-refractivity contribution in [2.45, 2.75) is 24.5 Å². The Kier molecular flexibility index (Phi) is 3.92. The van der Waals surface area contributed by atoms with Crippen molar-refractivity contribution in [3.8, 4) is 0 Å². The predicted octanol–water partition coefficient (Wildman–Crippen LogP) is 1.79. The number of hydrogen-bond acceptors (Lipinski definition) is 4. The summed E-state index contributed by atoms with van der Waals surface area (Å²) in [6.45, 7) is 3.17. The van der Waals surface area contributed by atoms with Crippen molar-refractivity contribution in [1.29, 1.82) is 0 Å². The Labute approximate surface area is 128 Å². The summed E-state index contributed by atoms with van der Waals surface area (Å²) >= 11 is 6.08. The van der Waals surface area contributed by atoms with Crippen molar-refractivity contribution in [3.63, 3.8) is 0 Å². The second-order valence-corrected chi connectivity index (χ2v) is 7.25. The van der Waals surface area contributed by atoms with Crippen LogP contribution in [0.1, 0.15) is 13.3 Å². The molecule has 0 N–H and O–H groups in total. The molecular weight excluding hydrogens is 314 g/mol. The van der Waals surface area contributed by atoms with Crippen LogP contribution >= 0.6 is 11.6 Å². The molecule has 3 heterocycles. The van der Waals surface area contributed by atoms with Gasteiger partial charge in [-0.05, 0) is 25.5 Å². The molecule has 21 heavy (non-hydrogen) atoms. The van der Waals surface area contributed by atoms with Crippen molar-refractivity contribution in [2.24, 2.45) is 0 Å². The molecule has 1 aliphatic heterocycles. The van der Waals surface area contributed by atoms with Crippen LogP contribution in [-0.4, -0.2) is 47.9 Å². The van der Waals surface area contributed by atoms with E-state index < -0.39 is 10.0 Å². The number of nitrogens with zero attached hydrogens (tertiary/aromatic N) is 3. The Morgan fingerprint density at radius 3 is 3.05 bits per heavy atom. The topological polar surface area (TPSA) is 63.9 Å². The molecule has 0 aromatic carbocycles. The molecular formula is C13H16ClN3O3S. The van der Waals surface area contributed by atoms with Crippen LogP contribution in [0.15, 0.2) is 29.4 Å². The van der Waals surface area contributed by atoms with Crippen molar-refractivity contribution in [3.05, 3.63) is 29.5 Å². The summed E-state index contributed by atoms with van der Waals surface area (Å²) in [4.78, 5) is 4.11. The van der Waals surface area contributed by atoms with Crippen LogP contribution in [0.5, 0.6) is 0 Å². The van der Waals surface area contributed by atoms with Crippen molar-refractivity contribution >= 4 is 27.3 Å². The quantitative estimate of drug-likeness (QED) is 0.842. The van der Waals surface area contributed by atoms with E-state index in [2.05, 4.69) is 4.98 Å². The lowest BCUT2D eigenvalue weighted by Gasteiger charge is -2.21. The van der Waals surface area contributed by atoms with Crippen molar-refractivity contribution in [2.75, 3.05) is 19.7 Å². The molecule has 3 rings (SSSR count). The van der Waals surface area contributed by atoms with Crippen LogP contribution in [0, 0.1) is 0 Å². The van der Waals surface area contributed by atoms with Gasteiger partial charge in [0.2, 0.25) is 0 Å². The average molecular weight is 330 g/mol. The van der Waals surface area contributed by atoms with Crippen LogP contribution < -0.4 is 0 Å². The van der Waals surface area contributed by atoms with Gasteiger partial charge in [0.1, 0.15) is 5.65 Å². The zero-order chi connectivity index (χ0) is 15.0. The van der Waals surface area contributed by atoms with E-state index in [1.807, 2.05) is 6.92 Å². The molecule has 0 bridgehead atoms. The lowest BCUT2D eigenvalue weighted by molar-refractivity contribution is 0.0751. The maximum atomic E-state index is 12.9. The maximum absolute atomic E-state index is 12.9. The third-order valence-corrected chi connectivity index (χ3v) is 5.71. The minimum Gasteiger partial charge on any atom is -0.377 e. The summed E-state index contributed by atoms with van der Waals surface area (Å²) in [6.07, 6.45) is 2.18.